The van der Waals surface area contributed by atoms with Crippen LogP contribution in [0, 0.1) is 0 Å². The van der Waals surface area contributed by atoms with Gasteiger partial charge in [0.1, 0.15) is 0 Å². The molecule has 0 aromatic carbocycles. The van der Waals surface area contributed by atoms with Gasteiger partial charge in [-0.25, -0.2) is 4.98 Å². The third kappa shape index (κ3) is 3.71. The fourth-order valence-corrected chi connectivity index (χ4v) is 3.94. The zero-order valence-corrected chi connectivity index (χ0v) is 14.1. The fraction of sp³-hybridized carbons (Fsp3) is 0.800. The van der Waals surface area contributed by atoms with Gasteiger partial charge in [0, 0.05) is 24.5 Å². The van der Waals surface area contributed by atoms with E-state index >= 15 is 0 Å². The number of piperidine rings is 1. The highest BCUT2D eigenvalue weighted by molar-refractivity contribution is 7.15. The molecule has 2 rings (SSSR count). The molecule has 0 saturated carbocycles. The van der Waals surface area contributed by atoms with Crippen LogP contribution in [0.5, 0.6) is 0 Å². The lowest BCUT2D eigenvalue weighted by Gasteiger charge is -2.34. The summed E-state index contributed by atoms with van der Waals surface area (Å²) in [6.45, 7) is 5.56. The van der Waals surface area contributed by atoms with Crippen LogP contribution in [0.15, 0.2) is 0 Å². The third-order valence-corrected chi connectivity index (χ3v) is 5.32. The maximum Gasteiger partial charge on any atom is 0.185 e. The molecule has 0 bridgehead atoms. The Balaban J connectivity index is 2.08. The largest absolute Gasteiger partial charge is 0.348 e. The van der Waals surface area contributed by atoms with Crippen LogP contribution in [0.3, 0.4) is 0 Å². The van der Waals surface area contributed by atoms with Gasteiger partial charge in [0.05, 0.1) is 5.69 Å². The van der Waals surface area contributed by atoms with Gasteiger partial charge < -0.3 is 15.1 Å². The summed E-state index contributed by atoms with van der Waals surface area (Å²) in [5.74, 6) is 0. The lowest BCUT2D eigenvalue weighted by atomic mass is 10.0. The molecule has 1 N–H and O–H groups in total. The number of aryl methyl sites for hydroxylation is 1. The summed E-state index contributed by atoms with van der Waals surface area (Å²) in [5, 5.41) is 4.47. The number of hydrogen-bond acceptors (Lipinski definition) is 5. The van der Waals surface area contributed by atoms with E-state index in [1.165, 1.54) is 41.6 Å². The second-order valence-electron chi connectivity index (χ2n) is 5.79. The Morgan fingerprint density at radius 2 is 2.10 bits per heavy atom. The molecule has 114 valence electrons. The number of rotatable bonds is 6. The number of nitrogens with zero attached hydrogens (tertiary/aromatic N) is 3. The summed E-state index contributed by atoms with van der Waals surface area (Å²) < 4.78 is 0. The second-order valence-corrected chi connectivity index (χ2v) is 6.85. The normalized spacial score (nSPS) is 17.6. The Hall–Kier alpha value is -0.650. The molecule has 1 fully saturated rings. The molecule has 20 heavy (non-hydrogen) atoms. The van der Waals surface area contributed by atoms with E-state index in [-0.39, 0.29) is 0 Å². The molecular weight excluding hydrogens is 268 g/mol. The molecule has 4 nitrogen and oxygen atoms in total. The Morgan fingerprint density at radius 1 is 1.40 bits per heavy atom. The van der Waals surface area contributed by atoms with Crippen molar-refractivity contribution in [1.82, 2.24) is 15.2 Å². The molecule has 1 aromatic heterocycles. The minimum absolute atomic E-state index is 0.647. The molecule has 1 aliphatic rings. The molecular formula is C15H28N4S. The molecule has 1 aromatic rings. The molecule has 0 aliphatic carbocycles. The van der Waals surface area contributed by atoms with Crippen LogP contribution < -0.4 is 10.2 Å². The van der Waals surface area contributed by atoms with Crippen LogP contribution in [-0.4, -0.2) is 50.2 Å². The third-order valence-electron chi connectivity index (χ3n) is 4.13. The van der Waals surface area contributed by atoms with Crippen LogP contribution in [0.2, 0.25) is 0 Å². The summed E-state index contributed by atoms with van der Waals surface area (Å²) in [6, 6.07) is 0.647. The van der Waals surface area contributed by atoms with Crippen molar-refractivity contribution in [2.24, 2.45) is 0 Å². The fourth-order valence-electron chi connectivity index (χ4n) is 2.79. The number of thiazole rings is 1. The first-order valence-corrected chi connectivity index (χ1v) is 8.51. The van der Waals surface area contributed by atoms with E-state index in [0.29, 0.717) is 6.04 Å². The Kier molecular flexibility index (Phi) is 5.81. The minimum atomic E-state index is 0.647. The predicted octanol–water partition coefficient (Wildman–Crippen LogP) is 2.35. The molecule has 0 spiro atoms. The Labute approximate surface area is 127 Å². The minimum Gasteiger partial charge on any atom is -0.348 e. The van der Waals surface area contributed by atoms with E-state index in [4.69, 9.17) is 4.98 Å². The van der Waals surface area contributed by atoms with Gasteiger partial charge in [-0.1, -0.05) is 13.3 Å². The van der Waals surface area contributed by atoms with Crippen LogP contribution in [0.25, 0.3) is 0 Å². The standard InChI is InChI=1S/C15H28N4S/c1-5-6-13-14(11-16-2)20-15(17-13)19(4)12-7-9-18(3)10-8-12/h12,16H,5-11H2,1-4H3. The molecule has 0 radical (unpaired) electrons. The van der Waals surface area contributed by atoms with Crippen molar-refractivity contribution in [3.63, 3.8) is 0 Å². The van der Waals surface area contributed by atoms with Crippen molar-refractivity contribution >= 4 is 16.5 Å². The highest BCUT2D eigenvalue weighted by Crippen LogP contribution is 2.29. The van der Waals surface area contributed by atoms with Crippen molar-refractivity contribution in [1.29, 1.82) is 0 Å². The first kappa shape index (κ1) is 15.7. The SMILES string of the molecule is CCCc1nc(N(C)C2CCN(C)CC2)sc1CNC. The maximum absolute atomic E-state index is 4.90. The molecule has 0 unspecified atom stereocenters. The van der Waals surface area contributed by atoms with Gasteiger partial charge in [0.2, 0.25) is 0 Å². The van der Waals surface area contributed by atoms with Crippen molar-refractivity contribution < 1.29 is 0 Å². The van der Waals surface area contributed by atoms with Crippen molar-refractivity contribution in [2.75, 3.05) is 39.1 Å². The Bertz CT molecular complexity index is 387. The van der Waals surface area contributed by atoms with Gasteiger partial charge in [-0.3, -0.25) is 0 Å². The molecule has 1 aliphatic heterocycles. The molecule has 2 heterocycles. The summed E-state index contributed by atoms with van der Waals surface area (Å²) in [7, 11) is 6.44. The summed E-state index contributed by atoms with van der Waals surface area (Å²) >= 11 is 1.87. The second kappa shape index (κ2) is 7.38. The van der Waals surface area contributed by atoms with E-state index in [1.807, 2.05) is 18.4 Å². The van der Waals surface area contributed by atoms with E-state index in [9.17, 15) is 0 Å². The average Bonchev–Trinajstić information content (AvgIpc) is 2.83. The molecule has 1 saturated heterocycles. The van der Waals surface area contributed by atoms with Gasteiger partial charge in [0.25, 0.3) is 0 Å². The van der Waals surface area contributed by atoms with Gasteiger partial charge >= 0.3 is 0 Å². The van der Waals surface area contributed by atoms with Gasteiger partial charge in [0.15, 0.2) is 5.13 Å². The van der Waals surface area contributed by atoms with Crippen LogP contribution >= 0.6 is 11.3 Å². The quantitative estimate of drug-likeness (QED) is 0.873. The molecule has 0 atom stereocenters. The lowest BCUT2D eigenvalue weighted by molar-refractivity contribution is 0.253. The van der Waals surface area contributed by atoms with E-state index in [1.54, 1.807) is 0 Å². The highest BCUT2D eigenvalue weighted by Gasteiger charge is 2.23. The van der Waals surface area contributed by atoms with Crippen molar-refractivity contribution in [3.8, 4) is 0 Å². The van der Waals surface area contributed by atoms with E-state index < -0.39 is 0 Å². The van der Waals surface area contributed by atoms with Crippen LogP contribution in [0.1, 0.15) is 36.8 Å². The highest BCUT2D eigenvalue weighted by atomic mass is 32.1. The first-order chi connectivity index (χ1) is 9.65. The first-order valence-electron chi connectivity index (χ1n) is 7.70. The van der Waals surface area contributed by atoms with Crippen LogP contribution in [0.4, 0.5) is 5.13 Å². The summed E-state index contributed by atoms with van der Waals surface area (Å²) in [6.07, 6.45) is 4.75. The Morgan fingerprint density at radius 3 is 2.70 bits per heavy atom. The number of aromatic nitrogens is 1. The van der Waals surface area contributed by atoms with E-state index in [2.05, 4.69) is 36.1 Å². The average molecular weight is 296 g/mol. The molecule has 0 amide bonds. The smallest absolute Gasteiger partial charge is 0.185 e. The van der Waals surface area contributed by atoms with Crippen molar-refractivity contribution in [2.45, 2.75) is 45.2 Å². The number of likely N-dealkylation sites (tertiary alicyclic amines) is 1. The molecule has 5 heteroatoms. The summed E-state index contributed by atoms with van der Waals surface area (Å²) in [5.41, 5.74) is 1.29. The number of hydrogen-bond donors (Lipinski definition) is 1. The number of anilines is 1. The monoisotopic (exact) mass is 296 g/mol. The lowest BCUT2D eigenvalue weighted by Crippen LogP contribution is -2.41. The van der Waals surface area contributed by atoms with Gasteiger partial charge in [-0.05, 0) is 46.4 Å². The van der Waals surface area contributed by atoms with Crippen LogP contribution in [-0.2, 0) is 13.0 Å². The predicted molar refractivity (Wildman–Crippen MR) is 87.8 cm³/mol. The van der Waals surface area contributed by atoms with Gasteiger partial charge in [-0.15, -0.1) is 11.3 Å². The maximum atomic E-state index is 4.90. The summed E-state index contributed by atoms with van der Waals surface area (Å²) in [4.78, 5) is 11.1. The zero-order chi connectivity index (χ0) is 14.5. The number of nitrogens with one attached hydrogen (secondary N) is 1. The topological polar surface area (TPSA) is 31.4 Å². The van der Waals surface area contributed by atoms with Crippen molar-refractivity contribution in [3.05, 3.63) is 10.6 Å². The van der Waals surface area contributed by atoms with E-state index in [0.717, 1.165) is 19.4 Å². The zero-order valence-electron chi connectivity index (χ0n) is 13.3. The van der Waals surface area contributed by atoms with Gasteiger partial charge in [-0.2, -0.15) is 0 Å².